The van der Waals surface area contributed by atoms with Crippen LogP contribution in [0, 0.1) is 0 Å². The van der Waals surface area contributed by atoms with Crippen molar-refractivity contribution < 1.29 is 28.5 Å². The Morgan fingerprint density at radius 2 is 1.81 bits per heavy atom. The molecule has 1 unspecified atom stereocenters. The van der Waals surface area contributed by atoms with Gasteiger partial charge in [-0.3, -0.25) is 9.78 Å². The number of esters is 1. The van der Waals surface area contributed by atoms with E-state index in [2.05, 4.69) is 20.0 Å². The van der Waals surface area contributed by atoms with E-state index in [4.69, 9.17) is 14.2 Å². The van der Waals surface area contributed by atoms with Crippen LogP contribution in [0.4, 0.5) is 5.69 Å². The lowest BCUT2D eigenvalue weighted by atomic mass is 9.86. The maximum atomic E-state index is 12.2. The molecule has 9 nitrogen and oxygen atoms in total. The molecule has 2 aromatic rings. The Hall–Kier alpha value is -3.36. The number of carbonyl (C=O) groups is 2. The summed E-state index contributed by atoms with van der Waals surface area (Å²) in [5, 5.41) is 2.82. The van der Waals surface area contributed by atoms with Crippen LogP contribution in [-0.2, 0) is 9.53 Å². The lowest BCUT2D eigenvalue weighted by molar-refractivity contribution is -0.116. The third-order valence-electron chi connectivity index (χ3n) is 4.30. The Kier molecular flexibility index (Phi) is 5.11. The smallest absolute Gasteiger partial charge is 0.358 e. The Morgan fingerprint density at radius 1 is 1.07 bits per heavy atom. The van der Waals surface area contributed by atoms with E-state index in [-0.39, 0.29) is 18.0 Å². The van der Waals surface area contributed by atoms with Crippen molar-refractivity contribution in [3.05, 3.63) is 35.4 Å². The fourth-order valence-electron chi connectivity index (χ4n) is 3.10. The number of aromatic nitrogens is 2. The SMILES string of the molecule is COC(=O)c1cnc(C2CC(=O)Nc3cc(OC)c(OC)c(OC)c32)cn1. The first-order valence-corrected chi connectivity index (χ1v) is 8.07. The number of fused-ring (bicyclic) bond motifs is 1. The van der Waals surface area contributed by atoms with Crippen molar-refractivity contribution in [2.75, 3.05) is 33.8 Å². The van der Waals surface area contributed by atoms with Gasteiger partial charge in [0, 0.05) is 24.0 Å². The predicted molar refractivity (Wildman–Crippen MR) is 94.6 cm³/mol. The van der Waals surface area contributed by atoms with Gasteiger partial charge in [-0.25, -0.2) is 9.78 Å². The quantitative estimate of drug-likeness (QED) is 0.790. The van der Waals surface area contributed by atoms with Crippen LogP contribution in [0.25, 0.3) is 0 Å². The molecule has 1 aromatic heterocycles. The van der Waals surface area contributed by atoms with Crippen molar-refractivity contribution in [2.45, 2.75) is 12.3 Å². The molecule has 0 spiro atoms. The van der Waals surface area contributed by atoms with Crippen molar-refractivity contribution >= 4 is 17.6 Å². The van der Waals surface area contributed by atoms with E-state index in [1.165, 1.54) is 40.8 Å². The van der Waals surface area contributed by atoms with Crippen molar-refractivity contribution in [1.29, 1.82) is 0 Å². The van der Waals surface area contributed by atoms with Gasteiger partial charge in [-0.15, -0.1) is 0 Å². The van der Waals surface area contributed by atoms with Gasteiger partial charge >= 0.3 is 5.97 Å². The Morgan fingerprint density at radius 3 is 2.37 bits per heavy atom. The van der Waals surface area contributed by atoms with Gasteiger partial charge in [0.25, 0.3) is 0 Å². The maximum Gasteiger partial charge on any atom is 0.358 e. The number of ether oxygens (including phenoxy) is 4. The fraction of sp³-hybridized carbons (Fsp3) is 0.333. The van der Waals surface area contributed by atoms with Crippen molar-refractivity contribution in [3.8, 4) is 17.2 Å². The van der Waals surface area contributed by atoms with Gasteiger partial charge in [-0.1, -0.05) is 0 Å². The normalized spacial score (nSPS) is 15.4. The number of carbonyl (C=O) groups excluding carboxylic acids is 2. The third kappa shape index (κ3) is 3.23. The summed E-state index contributed by atoms with van der Waals surface area (Å²) in [6.45, 7) is 0. The molecule has 0 saturated carbocycles. The van der Waals surface area contributed by atoms with Crippen LogP contribution in [0.5, 0.6) is 17.2 Å². The molecule has 142 valence electrons. The summed E-state index contributed by atoms with van der Waals surface area (Å²) < 4.78 is 21.0. The van der Waals surface area contributed by atoms with Crippen LogP contribution >= 0.6 is 0 Å². The molecule has 1 atom stereocenters. The van der Waals surface area contributed by atoms with Crippen LogP contribution in [0.1, 0.15) is 34.1 Å². The monoisotopic (exact) mass is 373 g/mol. The molecule has 1 aromatic carbocycles. The molecule has 1 amide bonds. The van der Waals surface area contributed by atoms with E-state index in [1.54, 1.807) is 6.07 Å². The van der Waals surface area contributed by atoms with E-state index in [0.29, 0.717) is 34.2 Å². The van der Waals surface area contributed by atoms with E-state index in [9.17, 15) is 9.59 Å². The van der Waals surface area contributed by atoms with Crippen molar-refractivity contribution in [1.82, 2.24) is 9.97 Å². The van der Waals surface area contributed by atoms with Crippen LogP contribution in [-0.4, -0.2) is 50.3 Å². The molecular formula is C18H19N3O6. The number of rotatable bonds is 5. The lowest BCUT2D eigenvalue weighted by Gasteiger charge is -2.28. The molecule has 9 heteroatoms. The zero-order valence-corrected chi connectivity index (χ0v) is 15.4. The standard InChI is InChI=1S/C18H19N3O6/c1-24-13-6-10-15(17(26-3)16(13)25-2)9(5-14(22)21-10)11-7-20-12(8-19-11)18(23)27-4/h6-9H,5H2,1-4H3,(H,21,22). The van der Waals surface area contributed by atoms with Gasteiger partial charge in [0.05, 0.1) is 52.2 Å². The Bertz CT molecular complexity index is 882. The summed E-state index contributed by atoms with van der Waals surface area (Å²) >= 11 is 0. The molecule has 2 heterocycles. The lowest BCUT2D eigenvalue weighted by Crippen LogP contribution is -2.25. The summed E-state index contributed by atoms with van der Waals surface area (Å²) in [4.78, 5) is 32.2. The number of methoxy groups -OCH3 is 4. The molecule has 1 aliphatic heterocycles. The summed E-state index contributed by atoms with van der Waals surface area (Å²) in [6, 6.07) is 1.68. The Labute approximate surface area is 155 Å². The fourth-order valence-corrected chi connectivity index (χ4v) is 3.10. The number of nitrogens with zero attached hydrogens (tertiary/aromatic N) is 2. The molecular weight excluding hydrogens is 354 g/mol. The average molecular weight is 373 g/mol. The molecule has 0 fully saturated rings. The molecule has 0 aliphatic carbocycles. The molecule has 0 saturated heterocycles. The van der Waals surface area contributed by atoms with E-state index >= 15 is 0 Å². The predicted octanol–water partition coefficient (Wildman–Crippen LogP) is 1.76. The second-order valence-electron chi connectivity index (χ2n) is 5.73. The number of hydrogen-bond acceptors (Lipinski definition) is 8. The van der Waals surface area contributed by atoms with Crippen LogP contribution in [0.2, 0.25) is 0 Å². The average Bonchev–Trinajstić information content (AvgIpc) is 2.70. The highest BCUT2D eigenvalue weighted by Crippen LogP contribution is 2.50. The van der Waals surface area contributed by atoms with E-state index in [1.807, 2.05) is 0 Å². The minimum Gasteiger partial charge on any atom is -0.493 e. The molecule has 1 N–H and O–H groups in total. The van der Waals surface area contributed by atoms with Gasteiger partial charge in [0.15, 0.2) is 17.2 Å². The van der Waals surface area contributed by atoms with Crippen LogP contribution in [0.15, 0.2) is 18.5 Å². The number of amides is 1. The molecule has 27 heavy (non-hydrogen) atoms. The maximum absolute atomic E-state index is 12.2. The van der Waals surface area contributed by atoms with E-state index < -0.39 is 11.9 Å². The summed E-state index contributed by atoms with van der Waals surface area (Å²) in [7, 11) is 5.79. The highest BCUT2D eigenvalue weighted by atomic mass is 16.5. The van der Waals surface area contributed by atoms with Crippen molar-refractivity contribution in [2.24, 2.45) is 0 Å². The Balaban J connectivity index is 2.14. The molecule has 0 radical (unpaired) electrons. The number of nitrogens with one attached hydrogen (secondary N) is 1. The molecule has 3 rings (SSSR count). The minimum atomic E-state index is -0.583. The summed E-state index contributed by atoms with van der Waals surface area (Å²) in [5.74, 6) is 0.0963. The second kappa shape index (κ2) is 7.48. The number of benzene rings is 1. The highest BCUT2D eigenvalue weighted by molar-refractivity contribution is 5.97. The van der Waals surface area contributed by atoms with Crippen LogP contribution in [0.3, 0.4) is 0 Å². The molecule has 0 bridgehead atoms. The first-order valence-electron chi connectivity index (χ1n) is 8.07. The van der Waals surface area contributed by atoms with Crippen molar-refractivity contribution in [3.63, 3.8) is 0 Å². The number of hydrogen-bond donors (Lipinski definition) is 1. The van der Waals surface area contributed by atoms with Gasteiger partial charge < -0.3 is 24.3 Å². The number of anilines is 1. The minimum absolute atomic E-state index is 0.0843. The largest absolute Gasteiger partial charge is 0.493 e. The van der Waals surface area contributed by atoms with Gasteiger partial charge in [-0.2, -0.15) is 0 Å². The summed E-state index contributed by atoms with van der Waals surface area (Å²) in [6.07, 6.45) is 2.92. The second-order valence-corrected chi connectivity index (χ2v) is 5.73. The third-order valence-corrected chi connectivity index (χ3v) is 4.30. The van der Waals surface area contributed by atoms with E-state index in [0.717, 1.165) is 0 Å². The zero-order chi connectivity index (χ0) is 19.6. The summed E-state index contributed by atoms with van der Waals surface area (Å²) in [5.41, 5.74) is 1.85. The van der Waals surface area contributed by atoms with Crippen LogP contribution < -0.4 is 19.5 Å². The van der Waals surface area contributed by atoms with Gasteiger partial charge in [-0.05, 0) is 0 Å². The van der Waals surface area contributed by atoms with Gasteiger partial charge in [0.2, 0.25) is 11.7 Å². The first kappa shape index (κ1) is 18.4. The first-order chi connectivity index (χ1) is 13.0. The molecule has 1 aliphatic rings. The van der Waals surface area contributed by atoms with Gasteiger partial charge in [0.1, 0.15) is 0 Å². The highest BCUT2D eigenvalue weighted by Gasteiger charge is 2.34. The topological polar surface area (TPSA) is 109 Å². The zero-order valence-electron chi connectivity index (χ0n) is 15.4.